The lowest BCUT2D eigenvalue weighted by atomic mass is 10.0. The van der Waals surface area contributed by atoms with E-state index in [1.54, 1.807) is 12.1 Å². The van der Waals surface area contributed by atoms with E-state index in [1.165, 1.54) is 6.26 Å². The third-order valence-corrected chi connectivity index (χ3v) is 4.28. The van der Waals surface area contributed by atoms with Crippen LogP contribution in [0.15, 0.2) is 47.1 Å². The zero-order chi connectivity index (χ0) is 18.7. The number of aromatic nitrogens is 2. The molecule has 0 saturated heterocycles. The first kappa shape index (κ1) is 17.7. The molecule has 26 heavy (non-hydrogen) atoms. The maximum absolute atomic E-state index is 12.6. The Morgan fingerprint density at radius 3 is 2.62 bits per heavy atom. The number of hydrogen-bond acceptors (Lipinski definition) is 4. The lowest BCUT2D eigenvalue weighted by Crippen LogP contribution is -2.49. The summed E-state index contributed by atoms with van der Waals surface area (Å²) in [5, 5.41) is 5.59. The monoisotopic (exact) mass is 354 g/mol. The van der Waals surface area contributed by atoms with Gasteiger partial charge in [-0.1, -0.05) is 26.0 Å². The van der Waals surface area contributed by atoms with Gasteiger partial charge < -0.3 is 19.6 Å². The lowest BCUT2D eigenvalue weighted by molar-refractivity contribution is -0.124. The first-order valence-corrected chi connectivity index (χ1v) is 8.49. The summed E-state index contributed by atoms with van der Waals surface area (Å²) < 4.78 is 7.02. The van der Waals surface area contributed by atoms with Gasteiger partial charge >= 0.3 is 0 Å². The summed E-state index contributed by atoms with van der Waals surface area (Å²) in [6.07, 6.45) is 1.42. The number of carbonyl (C=O) groups excluding carboxylic acids is 2. The lowest BCUT2D eigenvalue weighted by Gasteiger charge is -2.21. The molecule has 3 rings (SSSR count). The van der Waals surface area contributed by atoms with Crippen molar-refractivity contribution in [2.24, 2.45) is 13.0 Å². The number of furan rings is 1. The summed E-state index contributed by atoms with van der Waals surface area (Å²) in [7, 11) is 1.91. The molecule has 0 radical (unpaired) electrons. The Hall–Kier alpha value is -3.09. The van der Waals surface area contributed by atoms with E-state index < -0.39 is 11.9 Å². The normalized spacial score (nSPS) is 12.3. The number of hydrogen-bond donors (Lipinski definition) is 2. The largest absolute Gasteiger partial charge is 0.459 e. The van der Waals surface area contributed by atoms with Crippen molar-refractivity contribution in [3.63, 3.8) is 0 Å². The first-order chi connectivity index (χ1) is 12.5. The van der Waals surface area contributed by atoms with Gasteiger partial charge in [0, 0.05) is 7.05 Å². The Kier molecular flexibility index (Phi) is 5.06. The predicted octanol–water partition coefficient (Wildman–Crippen LogP) is 2.24. The average molecular weight is 354 g/mol. The fourth-order valence-corrected chi connectivity index (χ4v) is 2.78. The molecule has 0 fully saturated rings. The molecular weight excluding hydrogens is 332 g/mol. The van der Waals surface area contributed by atoms with Crippen LogP contribution in [-0.2, 0) is 18.4 Å². The van der Waals surface area contributed by atoms with Crippen LogP contribution in [0.5, 0.6) is 0 Å². The average Bonchev–Trinajstić information content (AvgIpc) is 3.26. The minimum Gasteiger partial charge on any atom is -0.459 e. The van der Waals surface area contributed by atoms with Crippen LogP contribution in [0.2, 0.25) is 0 Å². The van der Waals surface area contributed by atoms with Crippen LogP contribution in [0.4, 0.5) is 0 Å². The van der Waals surface area contributed by atoms with E-state index in [0.29, 0.717) is 0 Å². The Morgan fingerprint density at radius 1 is 1.19 bits per heavy atom. The summed E-state index contributed by atoms with van der Waals surface area (Å²) >= 11 is 0. The summed E-state index contributed by atoms with van der Waals surface area (Å²) in [4.78, 5) is 29.3. The van der Waals surface area contributed by atoms with Gasteiger partial charge in [0.25, 0.3) is 5.91 Å². The fraction of sp³-hybridized carbons (Fsp3) is 0.316. The molecule has 0 aliphatic heterocycles. The van der Waals surface area contributed by atoms with Crippen molar-refractivity contribution in [3.8, 4) is 0 Å². The van der Waals surface area contributed by atoms with Crippen molar-refractivity contribution < 1.29 is 14.0 Å². The van der Waals surface area contributed by atoms with Gasteiger partial charge in [-0.25, -0.2) is 4.98 Å². The summed E-state index contributed by atoms with van der Waals surface area (Å²) in [5.41, 5.74) is 1.88. The van der Waals surface area contributed by atoms with Crippen LogP contribution in [0, 0.1) is 5.92 Å². The van der Waals surface area contributed by atoms with Gasteiger partial charge in [0.15, 0.2) is 5.76 Å². The van der Waals surface area contributed by atoms with Crippen LogP contribution in [0.3, 0.4) is 0 Å². The standard InChI is InChI=1S/C19H22N4O3/c1-12(2)17(22-18(24)15-9-6-10-26-15)19(25)20-11-16-21-13-7-4-5-8-14(13)23(16)3/h4-10,12,17H,11H2,1-3H3,(H,20,25)(H,22,24). The molecule has 2 heterocycles. The minimum atomic E-state index is -0.665. The van der Waals surface area contributed by atoms with Crippen molar-refractivity contribution in [1.82, 2.24) is 20.2 Å². The highest BCUT2D eigenvalue weighted by molar-refractivity contribution is 5.95. The molecule has 0 spiro atoms. The Balaban J connectivity index is 1.67. The number of nitrogens with one attached hydrogen (secondary N) is 2. The van der Waals surface area contributed by atoms with Gasteiger partial charge in [0.05, 0.1) is 23.8 Å². The number of rotatable bonds is 6. The molecule has 0 aliphatic rings. The highest BCUT2D eigenvalue weighted by atomic mass is 16.3. The molecule has 7 heteroatoms. The first-order valence-electron chi connectivity index (χ1n) is 8.49. The third kappa shape index (κ3) is 3.61. The molecule has 0 saturated carbocycles. The predicted molar refractivity (Wildman–Crippen MR) is 97.4 cm³/mol. The van der Waals surface area contributed by atoms with E-state index in [4.69, 9.17) is 4.42 Å². The van der Waals surface area contributed by atoms with Crippen molar-refractivity contribution in [3.05, 3.63) is 54.2 Å². The number of imidazole rings is 1. The number of amides is 2. The molecule has 2 N–H and O–H groups in total. The van der Waals surface area contributed by atoms with E-state index in [1.807, 2.05) is 49.7 Å². The van der Waals surface area contributed by atoms with Crippen LogP contribution in [0.25, 0.3) is 11.0 Å². The SMILES string of the molecule is CC(C)C(NC(=O)c1ccco1)C(=O)NCc1nc2ccccc2n1C. The van der Waals surface area contributed by atoms with Crippen LogP contribution in [-0.4, -0.2) is 27.4 Å². The van der Waals surface area contributed by atoms with Gasteiger partial charge in [-0.3, -0.25) is 9.59 Å². The number of para-hydroxylation sites is 2. The van der Waals surface area contributed by atoms with E-state index >= 15 is 0 Å². The highest BCUT2D eigenvalue weighted by Gasteiger charge is 2.25. The van der Waals surface area contributed by atoms with Gasteiger partial charge in [-0.15, -0.1) is 0 Å². The van der Waals surface area contributed by atoms with E-state index in [2.05, 4.69) is 15.6 Å². The van der Waals surface area contributed by atoms with Crippen LogP contribution >= 0.6 is 0 Å². The second-order valence-corrected chi connectivity index (χ2v) is 6.47. The molecular formula is C19H22N4O3. The second kappa shape index (κ2) is 7.43. The van der Waals surface area contributed by atoms with Crippen molar-refractivity contribution in [1.29, 1.82) is 0 Å². The second-order valence-electron chi connectivity index (χ2n) is 6.47. The Morgan fingerprint density at radius 2 is 1.96 bits per heavy atom. The molecule has 136 valence electrons. The molecule has 2 aromatic heterocycles. The van der Waals surface area contributed by atoms with Gasteiger partial charge in [0.2, 0.25) is 5.91 Å². The van der Waals surface area contributed by atoms with E-state index in [-0.39, 0.29) is 24.1 Å². The number of aryl methyl sites for hydroxylation is 1. The minimum absolute atomic E-state index is 0.0747. The molecule has 3 aromatic rings. The van der Waals surface area contributed by atoms with Crippen molar-refractivity contribution in [2.45, 2.75) is 26.4 Å². The van der Waals surface area contributed by atoms with Gasteiger partial charge in [-0.2, -0.15) is 0 Å². The molecule has 0 aliphatic carbocycles. The molecule has 1 unspecified atom stereocenters. The smallest absolute Gasteiger partial charge is 0.287 e. The third-order valence-electron chi connectivity index (χ3n) is 4.28. The zero-order valence-corrected chi connectivity index (χ0v) is 15.0. The number of fused-ring (bicyclic) bond motifs is 1. The quantitative estimate of drug-likeness (QED) is 0.710. The van der Waals surface area contributed by atoms with Crippen molar-refractivity contribution >= 4 is 22.8 Å². The van der Waals surface area contributed by atoms with Gasteiger partial charge in [0.1, 0.15) is 11.9 Å². The summed E-state index contributed by atoms with van der Waals surface area (Å²) in [6.45, 7) is 4.04. The molecule has 2 amide bonds. The van der Waals surface area contributed by atoms with E-state index in [9.17, 15) is 9.59 Å². The fourth-order valence-electron chi connectivity index (χ4n) is 2.78. The maximum Gasteiger partial charge on any atom is 0.287 e. The maximum atomic E-state index is 12.6. The van der Waals surface area contributed by atoms with E-state index in [0.717, 1.165) is 16.9 Å². The van der Waals surface area contributed by atoms with Crippen LogP contribution < -0.4 is 10.6 Å². The Bertz CT molecular complexity index is 912. The number of benzene rings is 1. The topological polar surface area (TPSA) is 89.2 Å². The number of nitrogens with zero attached hydrogens (tertiary/aromatic N) is 2. The zero-order valence-electron chi connectivity index (χ0n) is 15.0. The number of carbonyl (C=O) groups is 2. The molecule has 1 atom stereocenters. The molecule has 0 bridgehead atoms. The van der Waals surface area contributed by atoms with Crippen LogP contribution in [0.1, 0.15) is 30.2 Å². The molecule has 7 nitrogen and oxygen atoms in total. The molecule has 1 aromatic carbocycles. The summed E-state index contributed by atoms with van der Waals surface area (Å²) in [5.74, 6) is 0.186. The van der Waals surface area contributed by atoms with Gasteiger partial charge in [-0.05, 0) is 30.2 Å². The Labute approximate surface area is 151 Å². The van der Waals surface area contributed by atoms with Crippen molar-refractivity contribution in [2.75, 3.05) is 0 Å². The summed E-state index contributed by atoms with van der Waals surface area (Å²) in [6, 6.07) is 10.3. The highest BCUT2D eigenvalue weighted by Crippen LogP contribution is 2.14.